The number of carboxylic acid groups (broad SMARTS) is 1. The van der Waals surface area contributed by atoms with Gasteiger partial charge in [-0.1, -0.05) is 6.08 Å². The van der Waals surface area contributed by atoms with Gasteiger partial charge in [-0.05, 0) is 80.1 Å². The highest BCUT2D eigenvalue weighted by Gasteiger charge is 2.53. The van der Waals surface area contributed by atoms with Crippen molar-refractivity contribution in [3.05, 3.63) is 64.4 Å². The van der Waals surface area contributed by atoms with Crippen LogP contribution >= 0.6 is 11.8 Å². The van der Waals surface area contributed by atoms with Crippen molar-refractivity contribution in [3.63, 3.8) is 0 Å². The van der Waals surface area contributed by atoms with E-state index in [1.807, 2.05) is 57.4 Å². The molecule has 5 nitrogen and oxygen atoms in total. The second-order valence-electron chi connectivity index (χ2n) is 8.00. The van der Waals surface area contributed by atoms with Crippen LogP contribution in [0, 0.1) is 20.8 Å². The minimum atomic E-state index is -1.09. The molecule has 4 rings (SSSR count). The number of hydrogen-bond acceptors (Lipinski definition) is 5. The summed E-state index contributed by atoms with van der Waals surface area (Å²) in [5, 5.41) is 10.3. The van der Waals surface area contributed by atoms with Gasteiger partial charge >= 0.3 is 5.97 Å². The molecule has 2 aromatic carbocycles. The number of ether oxygens (including phenoxy) is 1. The number of carbonyl (C=O) groups excluding carboxylic acids is 1. The number of hydrogen-bond donors (Lipinski definition) is 1. The van der Waals surface area contributed by atoms with Crippen LogP contribution < -0.4 is 4.74 Å². The predicted octanol–water partition coefficient (Wildman–Crippen LogP) is 5.97. The Balaban J connectivity index is 1.57. The van der Waals surface area contributed by atoms with Gasteiger partial charge in [0.05, 0.1) is 0 Å². The third-order valence-electron chi connectivity index (χ3n) is 5.67. The van der Waals surface area contributed by atoms with Gasteiger partial charge in [0.15, 0.2) is 5.76 Å². The first-order chi connectivity index (χ1) is 14.7. The second-order valence-corrected chi connectivity index (χ2v) is 8.88. The van der Waals surface area contributed by atoms with E-state index < -0.39 is 11.6 Å². The highest BCUT2D eigenvalue weighted by Crippen LogP contribution is 2.42. The van der Waals surface area contributed by atoms with Crippen molar-refractivity contribution < 1.29 is 23.8 Å². The summed E-state index contributed by atoms with van der Waals surface area (Å²) in [5.74, 6) is -0.180. The Kier molecular flexibility index (Phi) is 5.43. The first-order valence-corrected chi connectivity index (χ1v) is 11.3. The second kappa shape index (κ2) is 7.93. The Hall–Kier alpha value is -2.99. The lowest BCUT2D eigenvalue weighted by Gasteiger charge is -2.18. The summed E-state index contributed by atoms with van der Waals surface area (Å²) in [6, 6.07) is 9.73. The van der Waals surface area contributed by atoms with Crippen LogP contribution in [0.2, 0.25) is 0 Å². The van der Waals surface area contributed by atoms with Crippen LogP contribution in [0.25, 0.3) is 17.0 Å². The van der Waals surface area contributed by atoms with E-state index >= 15 is 0 Å². The van der Waals surface area contributed by atoms with Gasteiger partial charge in [-0.15, -0.1) is 11.8 Å². The number of thioether (sulfide) groups is 1. The smallest absolute Gasteiger partial charge is 0.348 e. The first-order valence-electron chi connectivity index (χ1n) is 10.1. The molecule has 1 aromatic heterocycles. The highest BCUT2D eigenvalue weighted by molar-refractivity contribution is 7.98. The Bertz CT molecular complexity index is 1210. The number of furan rings is 1. The third-order valence-corrected chi connectivity index (χ3v) is 6.40. The summed E-state index contributed by atoms with van der Waals surface area (Å²) in [4.78, 5) is 25.3. The molecule has 0 unspecified atom stereocenters. The van der Waals surface area contributed by atoms with E-state index in [0.717, 1.165) is 32.5 Å². The largest absolute Gasteiger partial charge is 0.478 e. The monoisotopic (exact) mass is 436 g/mol. The molecule has 0 saturated heterocycles. The summed E-state index contributed by atoms with van der Waals surface area (Å²) in [6.07, 6.45) is 6.29. The van der Waals surface area contributed by atoms with E-state index in [2.05, 4.69) is 0 Å². The van der Waals surface area contributed by atoms with Crippen LogP contribution in [0.4, 0.5) is 0 Å². The van der Waals surface area contributed by atoms with E-state index in [4.69, 9.17) is 9.15 Å². The van der Waals surface area contributed by atoms with Gasteiger partial charge in [0.2, 0.25) is 11.4 Å². The number of carboxylic acids is 1. The maximum atomic E-state index is 12.8. The number of benzene rings is 2. The van der Waals surface area contributed by atoms with Crippen molar-refractivity contribution in [2.24, 2.45) is 0 Å². The molecule has 0 bridgehead atoms. The number of aliphatic carboxylic acids is 1. The average Bonchev–Trinajstić information content (AvgIpc) is 3.46. The molecular formula is C25H24O5S. The Labute approximate surface area is 185 Å². The fraction of sp³-hybridized carbons (Fsp3) is 0.280. The van der Waals surface area contributed by atoms with Gasteiger partial charge in [-0.25, -0.2) is 4.79 Å². The number of carbonyl (C=O) groups is 2. The van der Waals surface area contributed by atoms with Crippen LogP contribution in [0.15, 0.2) is 45.7 Å². The standard InChI is InChI=1S/C25H24O5S/c1-14-11-17(12-15(2)22(14)30-25(9-10-25)24(27)28)5-8-20(26)23-16(3)19-7-6-18(31-4)13-21(19)29-23/h5-8,11-13H,9-10H2,1-4H3,(H,27,28)/b8-5+. The Morgan fingerprint density at radius 3 is 2.39 bits per heavy atom. The lowest BCUT2D eigenvalue weighted by molar-refractivity contribution is -0.147. The lowest BCUT2D eigenvalue weighted by Crippen LogP contribution is -2.29. The molecule has 1 N–H and O–H groups in total. The van der Waals surface area contributed by atoms with Gasteiger partial charge in [0, 0.05) is 28.7 Å². The van der Waals surface area contributed by atoms with Crippen LogP contribution in [-0.4, -0.2) is 28.7 Å². The first kappa shape index (κ1) is 21.2. The maximum Gasteiger partial charge on any atom is 0.348 e. The number of rotatable bonds is 7. The summed E-state index contributed by atoms with van der Waals surface area (Å²) in [7, 11) is 0. The molecule has 0 atom stereocenters. The van der Waals surface area contributed by atoms with Crippen LogP contribution in [0.5, 0.6) is 5.75 Å². The predicted molar refractivity (Wildman–Crippen MR) is 122 cm³/mol. The van der Waals surface area contributed by atoms with Crippen molar-refractivity contribution >= 4 is 40.6 Å². The highest BCUT2D eigenvalue weighted by atomic mass is 32.2. The van der Waals surface area contributed by atoms with E-state index in [0.29, 0.717) is 29.9 Å². The average molecular weight is 437 g/mol. The molecule has 0 aliphatic heterocycles. The van der Waals surface area contributed by atoms with Crippen LogP contribution in [0.1, 0.15) is 45.7 Å². The van der Waals surface area contributed by atoms with Crippen LogP contribution in [0.3, 0.4) is 0 Å². The third kappa shape index (κ3) is 4.00. The molecule has 160 valence electrons. The van der Waals surface area contributed by atoms with E-state index in [1.54, 1.807) is 17.8 Å². The quantitative estimate of drug-likeness (QED) is 0.279. The van der Waals surface area contributed by atoms with Gasteiger partial charge < -0.3 is 14.3 Å². The molecular weight excluding hydrogens is 412 g/mol. The van der Waals surface area contributed by atoms with Crippen molar-refractivity contribution in [1.29, 1.82) is 0 Å². The van der Waals surface area contributed by atoms with E-state index in [-0.39, 0.29) is 5.78 Å². The summed E-state index contributed by atoms with van der Waals surface area (Å²) < 4.78 is 11.7. The maximum absolute atomic E-state index is 12.8. The Morgan fingerprint density at radius 1 is 1.13 bits per heavy atom. The number of aryl methyl sites for hydroxylation is 3. The van der Waals surface area contributed by atoms with Gasteiger partial charge in [0.25, 0.3) is 0 Å². The minimum Gasteiger partial charge on any atom is -0.478 e. The molecule has 1 aliphatic rings. The lowest BCUT2D eigenvalue weighted by atomic mass is 10.0. The molecule has 0 radical (unpaired) electrons. The fourth-order valence-corrected chi connectivity index (χ4v) is 4.15. The molecule has 3 aromatic rings. The van der Waals surface area contributed by atoms with Gasteiger partial charge in [-0.2, -0.15) is 0 Å². The molecule has 1 aliphatic carbocycles. The fourth-order valence-electron chi connectivity index (χ4n) is 3.72. The zero-order valence-electron chi connectivity index (χ0n) is 17.9. The molecule has 0 spiro atoms. The van der Waals surface area contributed by atoms with Crippen molar-refractivity contribution in [1.82, 2.24) is 0 Å². The van der Waals surface area contributed by atoms with E-state index in [1.165, 1.54) is 6.08 Å². The summed E-state index contributed by atoms with van der Waals surface area (Å²) in [5.41, 5.74) is 2.97. The zero-order valence-corrected chi connectivity index (χ0v) is 18.8. The molecule has 1 heterocycles. The summed E-state index contributed by atoms with van der Waals surface area (Å²) >= 11 is 1.63. The van der Waals surface area contributed by atoms with Crippen molar-refractivity contribution in [3.8, 4) is 5.75 Å². The molecule has 1 saturated carbocycles. The zero-order chi connectivity index (χ0) is 22.3. The minimum absolute atomic E-state index is 0.196. The van der Waals surface area contributed by atoms with Crippen LogP contribution in [-0.2, 0) is 4.79 Å². The topological polar surface area (TPSA) is 76.7 Å². The van der Waals surface area contributed by atoms with Crippen molar-refractivity contribution in [2.45, 2.75) is 44.1 Å². The normalized spacial score (nSPS) is 14.8. The van der Waals surface area contributed by atoms with E-state index in [9.17, 15) is 14.7 Å². The molecule has 1 fully saturated rings. The number of fused-ring (bicyclic) bond motifs is 1. The summed E-state index contributed by atoms with van der Waals surface area (Å²) in [6.45, 7) is 5.65. The van der Waals surface area contributed by atoms with Gasteiger partial charge in [0.1, 0.15) is 11.3 Å². The Morgan fingerprint density at radius 2 is 1.81 bits per heavy atom. The molecule has 0 amide bonds. The molecule has 31 heavy (non-hydrogen) atoms. The number of ketones is 1. The van der Waals surface area contributed by atoms with Crippen molar-refractivity contribution in [2.75, 3.05) is 6.26 Å². The SMILES string of the molecule is CSc1ccc2c(C)c(C(=O)/C=C/c3cc(C)c(OC4(C(=O)O)CC4)c(C)c3)oc2c1. The van der Waals surface area contributed by atoms with Gasteiger partial charge in [-0.3, -0.25) is 4.79 Å². The molecule has 6 heteroatoms. The number of allylic oxidation sites excluding steroid dienone is 1.